The van der Waals surface area contributed by atoms with Gasteiger partial charge in [-0.25, -0.2) is 0 Å². The van der Waals surface area contributed by atoms with Gasteiger partial charge >= 0.3 is 0 Å². The Kier molecular flexibility index (Phi) is 1.51. The van der Waals surface area contributed by atoms with Crippen molar-refractivity contribution < 1.29 is 0 Å². The van der Waals surface area contributed by atoms with Crippen molar-refractivity contribution in [2.45, 2.75) is 13.1 Å². The summed E-state index contributed by atoms with van der Waals surface area (Å²) in [4.78, 5) is 3.42. The number of rotatable bonds is 0. The van der Waals surface area contributed by atoms with Gasteiger partial charge < -0.3 is 10.3 Å². The van der Waals surface area contributed by atoms with Crippen LogP contribution in [0, 0.1) is 0 Å². The van der Waals surface area contributed by atoms with Crippen LogP contribution in [0.5, 0.6) is 0 Å². The Morgan fingerprint density at radius 2 is 2.15 bits per heavy atom. The average molecular weight is 237 g/mol. The van der Waals surface area contributed by atoms with E-state index in [1.807, 2.05) is 0 Å². The molecule has 0 saturated carbocycles. The van der Waals surface area contributed by atoms with Crippen LogP contribution < -0.4 is 5.32 Å². The van der Waals surface area contributed by atoms with Crippen molar-refractivity contribution in [2.24, 2.45) is 0 Å². The van der Waals surface area contributed by atoms with Crippen molar-refractivity contribution in [2.75, 3.05) is 0 Å². The van der Waals surface area contributed by atoms with Gasteiger partial charge in [0, 0.05) is 34.2 Å². The maximum atomic E-state index is 3.49. The second-order valence-electron chi connectivity index (χ2n) is 3.38. The van der Waals surface area contributed by atoms with Gasteiger partial charge in [-0.1, -0.05) is 15.9 Å². The van der Waals surface area contributed by atoms with Gasteiger partial charge in [0.1, 0.15) is 0 Å². The quantitative estimate of drug-likeness (QED) is 0.723. The SMILES string of the molecule is Brc1ccc2[nH]c3c(c2c1)CNC3. The molecule has 0 amide bonds. The average Bonchev–Trinajstić information content (AvgIpc) is 2.64. The minimum absolute atomic E-state index is 0.974. The first kappa shape index (κ1) is 7.59. The predicted octanol–water partition coefficient (Wildman–Crippen LogP) is 2.53. The van der Waals surface area contributed by atoms with Crippen LogP contribution in [0.2, 0.25) is 0 Å². The van der Waals surface area contributed by atoms with E-state index in [9.17, 15) is 0 Å². The molecule has 2 heterocycles. The number of aromatic amines is 1. The second kappa shape index (κ2) is 2.59. The van der Waals surface area contributed by atoms with Gasteiger partial charge in [0.15, 0.2) is 0 Å². The maximum Gasteiger partial charge on any atom is 0.0460 e. The van der Waals surface area contributed by atoms with Crippen LogP contribution in [-0.4, -0.2) is 4.98 Å². The first-order valence-corrected chi connectivity index (χ1v) is 5.13. The highest BCUT2D eigenvalue weighted by molar-refractivity contribution is 9.10. The van der Waals surface area contributed by atoms with Gasteiger partial charge in [0.2, 0.25) is 0 Å². The van der Waals surface area contributed by atoms with Gasteiger partial charge in [-0.3, -0.25) is 0 Å². The summed E-state index contributed by atoms with van der Waals surface area (Å²) in [6.07, 6.45) is 0. The molecule has 1 aromatic carbocycles. The Morgan fingerprint density at radius 3 is 3.08 bits per heavy atom. The highest BCUT2D eigenvalue weighted by Crippen LogP contribution is 2.28. The summed E-state index contributed by atoms with van der Waals surface area (Å²) in [7, 11) is 0. The Bertz CT molecular complexity index is 473. The zero-order valence-corrected chi connectivity index (χ0v) is 8.61. The fourth-order valence-electron chi connectivity index (χ4n) is 1.94. The maximum absolute atomic E-state index is 3.49. The summed E-state index contributed by atoms with van der Waals surface area (Å²) in [5, 5.41) is 4.67. The molecule has 3 heteroatoms. The van der Waals surface area contributed by atoms with Crippen molar-refractivity contribution >= 4 is 26.8 Å². The zero-order valence-electron chi connectivity index (χ0n) is 7.02. The molecule has 1 aromatic heterocycles. The smallest absolute Gasteiger partial charge is 0.0460 e. The van der Waals surface area contributed by atoms with Gasteiger partial charge in [-0.05, 0) is 23.8 Å². The van der Waals surface area contributed by atoms with Crippen LogP contribution in [0.15, 0.2) is 22.7 Å². The van der Waals surface area contributed by atoms with Gasteiger partial charge in [-0.2, -0.15) is 0 Å². The number of hydrogen-bond acceptors (Lipinski definition) is 1. The minimum atomic E-state index is 0.974. The molecule has 1 aliphatic rings. The van der Waals surface area contributed by atoms with E-state index in [1.54, 1.807) is 0 Å². The van der Waals surface area contributed by atoms with E-state index in [-0.39, 0.29) is 0 Å². The topological polar surface area (TPSA) is 27.8 Å². The lowest BCUT2D eigenvalue weighted by molar-refractivity contribution is 0.757. The molecule has 2 nitrogen and oxygen atoms in total. The van der Waals surface area contributed by atoms with Crippen molar-refractivity contribution in [1.29, 1.82) is 0 Å². The number of hydrogen-bond donors (Lipinski definition) is 2. The Hall–Kier alpha value is -0.800. The van der Waals surface area contributed by atoms with Crippen molar-refractivity contribution in [3.63, 3.8) is 0 Å². The Balaban J connectivity index is 2.40. The van der Waals surface area contributed by atoms with Crippen molar-refractivity contribution in [1.82, 2.24) is 10.3 Å². The van der Waals surface area contributed by atoms with E-state index in [2.05, 4.69) is 44.4 Å². The molecule has 2 N–H and O–H groups in total. The highest BCUT2D eigenvalue weighted by Gasteiger charge is 2.15. The number of H-pyrrole nitrogens is 1. The summed E-state index contributed by atoms with van der Waals surface area (Å²) in [6, 6.07) is 6.37. The van der Waals surface area contributed by atoms with Gasteiger partial charge in [0.25, 0.3) is 0 Å². The molecule has 0 bridgehead atoms. The highest BCUT2D eigenvalue weighted by atomic mass is 79.9. The van der Waals surface area contributed by atoms with E-state index in [1.165, 1.54) is 22.2 Å². The number of halogens is 1. The molecule has 0 radical (unpaired) electrons. The fraction of sp³-hybridized carbons (Fsp3) is 0.200. The largest absolute Gasteiger partial charge is 0.357 e. The second-order valence-corrected chi connectivity index (χ2v) is 4.29. The van der Waals surface area contributed by atoms with Crippen LogP contribution >= 0.6 is 15.9 Å². The molecule has 0 aliphatic carbocycles. The normalized spacial score (nSPS) is 15.2. The van der Waals surface area contributed by atoms with Crippen molar-refractivity contribution in [3.8, 4) is 0 Å². The molecule has 0 fully saturated rings. The first-order valence-electron chi connectivity index (χ1n) is 4.34. The lowest BCUT2D eigenvalue weighted by atomic mass is 10.1. The Labute approximate surface area is 84.5 Å². The lowest BCUT2D eigenvalue weighted by Gasteiger charge is -1.95. The summed E-state index contributed by atoms with van der Waals surface area (Å²) >= 11 is 3.49. The third kappa shape index (κ3) is 1.04. The van der Waals surface area contributed by atoms with Crippen LogP contribution in [0.25, 0.3) is 10.9 Å². The fourth-order valence-corrected chi connectivity index (χ4v) is 2.30. The molecular weight excluding hydrogens is 228 g/mol. The van der Waals surface area contributed by atoms with Gasteiger partial charge in [0.05, 0.1) is 0 Å². The summed E-state index contributed by atoms with van der Waals surface area (Å²) in [5.41, 5.74) is 4.01. The monoisotopic (exact) mass is 236 g/mol. The molecule has 66 valence electrons. The van der Waals surface area contributed by atoms with Crippen LogP contribution in [-0.2, 0) is 13.1 Å². The van der Waals surface area contributed by atoms with E-state index in [0.29, 0.717) is 0 Å². The van der Waals surface area contributed by atoms with E-state index in [4.69, 9.17) is 0 Å². The summed E-state index contributed by atoms with van der Waals surface area (Å²) < 4.78 is 1.15. The summed E-state index contributed by atoms with van der Waals surface area (Å²) in [6.45, 7) is 1.97. The molecule has 0 atom stereocenters. The molecule has 3 rings (SSSR count). The molecule has 1 aliphatic heterocycles. The molecule has 2 aromatic rings. The standard InChI is InChI=1S/C10H9BrN2/c11-6-1-2-9-7(3-6)8-4-12-5-10(8)13-9/h1-3,12-13H,4-5H2. The molecule has 0 saturated heterocycles. The predicted molar refractivity (Wildman–Crippen MR) is 56.5 cm³/mol. The van der Waals surface area contributed by atoms with Crippen LogP contribution in [0.3, 0.4) is 0 Å². The van der Waals surface area contributed by atoms with Crippen LogP contribution in [0.4, 0.5) is 0 Å². The number of benzene rings is 1. The van der Waals surface area contributed by atoms with Crippen molar-refractivity contribution in [3.05, 3.63) is 33.9 Å². The molecule has 0 spiro atoms. The van der Waals surface area contributed by atoms with Gasteiger partial charge in [-0.15, -0.1) is 0 Å². The van der Waals surface area contributed by atoms with E-state index >= 15 is 0 Å². The van der Waals surface area contributed by atoms with Crippen LogP contribution in [0.1, 0.15) is 11.3 Å². The third-order valence-electron chi connectivity index (χ3n) is 2.56. The molecule has 13 heavy (non-hydrogen) atoms. The number of fused-ring (bicyclic) bond motifs is 3. The van der Waals surface area contributed by atoms with E-state index in [0.717, 1.165) is 17.6 Å². The molecule has 0 unspecified atom stereocenters. The third-order valence-corrected chi connectivity index (χ3v) is 3.05. The minimum Gasteiger partial charge on any atom is -0.357 e. The zero-order chi connectivity index (χ0) is 8.84. The van der Waals surface area contributed by atoms with E-state index < -0.39 is 0 Å². The summed E-state index contributed by atoms with van der Waals surface area (Å²) in [5.74, 6) is 0. The Morgan fingerprint density at radius 1 is 1.23 bits per heavy atom. The number of aromatic nitrogens is 1. The first-order chi connectivity index (χ1) is 6.34. The molecular formula is C10H9BrN2. The lowest BCUT2D eigenvalue weighted by Crippen LogP contribution is -2.01. The number of nitrogens with one attached hydrogen (secondary N) is 2.